The molecule has 1 aliphatic rings. The van der Waals surface area contributed by atoms with Gasteiger partial charge in [-0.2, -0.15) is 13.2 Å². The quantitative estimate of drug-likeness (QED) is 0.662. The third-order valence-electron chi connectivity index (χ3n) is 3.09. The summed E-state index contributed by atoms with van der Waals surface area (Å²) < 4.78 is 55.5. The topological polar surface area (TPSA) is 24.7 Å². The second-order valence-electron chi connectivity index (χ2n) is 4.70. The van der Waals surface area contributed by atoms with Crippen molar-refractivity contribution in [3.8, 4) is 0 Å². The zero-order valence-corrected chi connectivity index (χ0v) is 12.4. The van der Waals surface area contributed by atoms with Crippen LogP contribution in [0, 0.1) is 5.82 Å². The van der Waals surface area contributed by atoms with E-state index in [-0.39, 0.29) is 5.82 Å². The highest BCUT2D eigenvalue weighted by atomic mass is 32.2. The maximum atomic E-state index is 13.7. The summed E-state index contributed by atoms with van der Waals surface area (Å²) in [5, 5.41) is 1.69. The smallest absolute Gasteiger partial charge is 0.247 e. The van der Waals surface area contributed by atoms with E-state index in [4.69, 9.17) is 0 Å². The third-order valence-corrected chi connectivity index (χ3v) is 4.30. The van der Waals surface area contributed by atoms with Crippen LogP contribution in [-0.2, 0) is 16.9 Å². The Morgan fingerprint density at radius 3 is 2.30 bits per heavy atom. The lowest BCUT2D eigenvalue weighted by Crippen LogP contribution is -2.03. The Kier molecular flexibility index (Phi) is 4.12. The lowest BCUT2D eigenvalue weighted by atomic mass is 10.2. The highest BCUT2D eigenvalue weighted by molar-refractivity contribution is 8.03. The summed E-state index contributed by atoms with van der Waals surface area (Å²) in [6.45, 7) is 0. The molecule has 23 heavy (non-hydrogen) atoms. The average Bonchev–Trinajstić information content (AvgIpc) is 2.95. The van der Waals surface area contributed by atoms with E-state index in [2.05, 4.69) is 9.36 Å². The van der Waals surface area contributed by atoms with Crippen molar-refractivity contribution in [2.45, 2.75) is 6.18 Å². The van der Waals surface area contributed by atoms with Crippen LogP contribution in [0.15, 0.2) is 63.3 Å². The van der Waals surface area contributed by atoms with E-state index in [1.165, 1.54) is 18.2 Å². The van der Waals surface area contributed by atoms with Gasteiger partial charge in [0, 0.05) is 11.0 Å². The van der Waals surface area contributed by atoms with Crippen LogP contribution >= 0.6 is 0 Å². The van der Waals surface area contributed by atoms with E-state index in [1.54, 1.807) is 29.2 Å². The molecular formula is C16H10F4N2S. The number of hydrogen-bond donors (Lipinski definition) is 0. The van der Waals surface area contributed by atoms with Gasteiger partial charge in [0.2, 0.25) is 0 Å². The molecule has 0 saturated heterocycles. The van der Waals surface area contributed by atoms with Crippen LogP contribution in [0.5, 0.6) is 0 Å². The van der Waals surface area contributed by atoms with Gasteiger partial charge in [-0.1, -0.05) is 12.1 Å². The van der Waals surface area contributed by atoms with Crippen LogP contribution in [-0.4, -0.2) is 5.55 Å². The second kappa shape index (κ2) is 6.08. The van der Waals surface area contributed by atoms with Gasteiger partial charge in [-0.25, -0.2) is 13.7 Å². The van der Waals surface area contributed by atoms with Crippen LogP contribution in [0.25, 0.3) is 5.70 Å². The first-order valence-corrected chi connectivity index (χ1v) is 7.86. The zero-order valence-electron chi connectivity index (χ0n) is 11.6. The molecule has 1 unspecified atom stereocenters. The molecule has 3 rings (SSSR count). The predicted octanol–water partition coefficient (Wildman–Crippen LogP) is 5.32. The minimum atomic E-state index is -4.37. The molecule has 1 atom stereocenters. The van der Waals surface area contributed by atoms with Crippen LogP contribution in [0.1, 0.15) is 11.1 Å². The number of halogens is 4. The van der Waals surface area contributed by atoms with Crippen LogP contribution < -0.4 is 0 Å². The first-order chi connectivity index (χ1) is 10.9. The molecule has 0 bridgehead atoms. The maximum Gasteiger partial charge on any atom is 0.416 e. The fourth-order valence-electron chi connectivity index (χ4n) is 1.97. The summed E-state index contributed by atoms with van der Waals surface area (Å²) >= 11 is 0. The maximum absolute atomic E-state index is 13.7. The van der Waals surface area contributed by atoms with Crippen molar-refractivity contribution in [3.63, 3.8) is 0 Å². The molecule has 7 heteroatoms. The van der Waals surface area contributed by atoms with Crippen molar-refractivity contribution < 1.29 is 17.6 Å². The second-order valence-corrected chi connectivity index (χ2v) is 6.02. The Labute approximate surface area is 132 Å². The molecule has 2 aromatic rings. The number of hydrogen-bond acceptors (Lipinski definition) is 2. The Morgan fingerprint density at radius 1 is 0.957 bits per heavy atom. The molecule has 0 spiro atoms. The molecule has 0 aliphatic carbocycles. The summed E-state index contributed by atoms with van der Waals surface area (Å²) in [6.07, 6.45) is -4.37. The molecule has 2 nitrogen and oxygen atoms in total. The van der Waals surface area contributed by atoms with Gasteiger partial charge >= 0.3 is 6.18 Å². The van der Waals surface area contributed by atoms with Gasteiger partial charge in [-0.3, -0.25) is 0 Å². The molecule has 0 fully saturated rings. The number of nitrogens with zero attached hydrogens (tertiary/aromatic N) is 2. The Bertz CT molecular complexity index is 821. The van der Waals surface area contributed by atoms with Gasteiger partial charge in [0.15, 0.2) is 0 Å². The molecule has 0 aromatic heterocycles. The van der Waals surface area contributed by atoms with E-state index in [0.29, 0.717) is 16.9 Å². The fraction of sp³-hybridized carbons (Fsp3) is 0.0625. The van der Waals surface area contributed by atoms with Gasteiger partial charge in [0.1, 0.15) is 5.82 Å². The van der Waals surface area contributed by atoms with Crippen molar-refractivity contribution in [3.05, 3.63) is 70.9 Å². The van der Waals surface area contributed by atoms with Gasteiger partial charge in [0.25, 0.3) is 0 Å². The standard InChI is InChI=1S/C16H10F4N2S/c17-14-4-2-1-3-13(14)15-9-23(10-21-15)22-12-7-5-11(6-8-12)16(18,19)20/h1-10H. The van der Waals surface area contributed by atoms with Crippen molar-refractivity contribution in [2.24, 2.45) is 9.36 Å². The summed E-state index contributed by atoms with van der Waals surface area (Å²) in [7, 11) is -0.721. The minimum Gasteiger partial charge on any atom is -0.247 e. The number of rotatable bonds is 2. The Hall–Kier alpha value is -2.28. The number of benzene rings is 2. The SMILES string of the molecule is Fc1ccccc1C1=CS(=Nc2ccc(C(F)(F)F)cc2)C=N1. The normalized spacial score (nSPS) is 17.6. The third kappa shape index (κ3) is 3.56. The molecular weight excluding hydrogens is 328 g/mol. The summed E-state index contributed by atoms with van der Waals surface area (Å²) in [5.74, 6) is -0.379. The van der Waals surface area contributed by atoms with Gasteiger partial charge < -0.3 is 0 Å². The summed E-state index contributed by atoms with van der Waals surface area (Å²) in [6, 6.07) is 10.8. The van der Waals surface area contributed by atoms with Gasteiger partial charge in [-0.05, 0) is 47.1 Å². The Balaban J connectivity index is 1.85. The molecule has 0 saturated carbocycles. The molecule has 0 radical (unpaired) electrons. The van der Waals surface area contributed by atoms with E-state index >= 15 is 0 Å². The van der Waals surface area contributed by atoms with Crippen molar-refractivity contribution in [2.75, 3.05) is 0 Å². The minimum absolute atomic E-state index is 0.376. The highest BCUT2D eigenvalue weighted by Gasteiger charge is 2.29. The molecule has 1 aliphatic heterocycles. The van der Waals surface area contributed by atoms with Gasteiger partial charge in [0.05, 0.1) is 22.5 Å². The number of alkyl halides is 3. The van der Waals surface area contributed by atoms with Crippen LogP contribution in [0.2, 0.25) is 0 Å². The van der Waals surface area contributed by atoms with Crippen LogP contribution in [0.4, 0.5) is 23.2 Å². The molecule has 2 aromatic carbocycles. The van der Waals surface area contributed by atoms with E-state index in [0.717, 1.165) is 12.1 Å². The van der Waals surface area contributed by atoms with Crippen molar-refractivity contribution in [1.82, 2.24) is 0 Å². The first kappa shape index (κ1) is 15.6. The zero-order chi connectivity index (χ0) is 16.4. The molecule has 0 amide bonds. The fourth-order valence-corrected chi connectivity index (χ4v) is 3.13. The van der Waals surface area contributed by atoms with Gasteiger partial charge in [-0.15, -0.1) is 0 Å². The average molecular weight is 338 g/mol. The van der Waals surface area contributed by atoms with E-state index < -0.39 is 22.4 Å². The Morgan fingerprint density at radius 2 is 1.65 bits per heavy atom. The van der Waals surface area contributed by atoms with Crippen molar-refractivity contribution >= 4 is 27.6 Å². The monoisotopic (exact) mass is 338 g/mol. The predicted molar refractivity (Wildman–Crippen MR) is 83.8 cm³/mol. The summed E-state index contributed by atoms with van der Waals surface area (Å²) in [4.78, 5) is 4.14. The number of aliphatic imine (C=N–C) groups is 1. The largest absolute Gasteiger partial charge is 0.416 e. The molecule has 118 valence electrons. The van der Waals surface area contributed by atoms with Crippen LogP contribution in [0.3, 0.4) is 0 Å². The summed E-state index contributed by atoms with van der Waals surface area (Å²) in [5.41, 5.74) is 2.10. The van der Waals surface area contributed by atoms with Crippen molar-refractivity contribution in [1.29, 1.82) is 0 Å². The van der Waals surface area contributed by atoms with E-state index in [9.17, 15) is 17.6 Å². The van der Waals surface area contributed by atoms with E-state index in [1.807, 2.05) is 0 Å². The lowest BCUT2D eigenvalue weighted by molar-refractivity contribution is -0.137. The first-order valence-electron chi connectivity index (χ1n) is 6.55. The highest BCUT2D eigenvalue weighted by Crippen LogP contribution is 2.31. The lowest BCUT2D eigenvalue weighted by Gasteiger charge is -2.05. The molecule has 1 heterocycles. The molecule has 0 N–H and O–H groups in total.